The maximum Gasteiger partial charge on any atom is 0.158 e. The molecule has 2 nitrogen and oxygen atoms in total. The van der Waals surface area contributed by atoms with Gasteiger partial charge in [-0.05, 0) is 43.9 Å². The van der Waals surface area contributed by atoms with Crippen molar-refractivity contribution in [1.82, 2.24) is 0 Å². The third-order valence-electron chi connectivity index (χ3n) is 3.89. The standard InChI is InChI=1S/C13H24O2/c1-10(2)11-5-7-12(8-6-11)15-13-4-3-9-14-13/h10-13H,3-9H2,1-2H3. The van der Waals surface area contributed by atoms with Gasteiger partial charge in [0.15, 0.2) is 6.29 Å². The van der Waals surface area contributed by atoms with E-state index in [2.05, 4.69) is 13.8 Å². The highest BCUT2D eigenvalue weighted by Crippen LogP contribution is 2.32. The molecule has 0 radical (unpaired) electrons. The van der Waals surface area contributed by atoms with E-state index in [1.165, 1.54) is 32.1 Å². The van der Waals surface area contributed by atoms with Gasteiger partial charge in [0.1, 0.15) is 0 Å². The predicted octanol–water partition coefficient (Wildman–Crippen LogP) is 3.35. The topological polar surface area (TPSA) is 18.5 Å². The van der Waals surface area contributed by atoms with Crippen LogP contribution in [0.15, 0.2) is 0 Å². The molecule has 2 rings (SSSR count). The summed E-state index contributed by atoms with van der Waals surface area (Å²) in [5, 5.41) is 0. The van der Waals surface area contributed by atoms with Crippen molar-refractivity contribution in [2.45, 2.75) is 64.8 Å². The molecular formula is C13H24O2. The summed E-state index contributed by atoms with van der Waals surface area (Å²) in [7, 11) is 0. The van der Waals surface area contributed by atoms with Crippen molar-refractivity contribution in [2.24, 2.45) is 11.8 Å². The van der Waals surface area contributed by atoms with E-state index in [0.717, 1.165) is 24.9 Å². The molecular weight excluding hydrogens is 188 g/mol. The van der Waals surface area contributed by atoms with E-state index in [1.54, 1.807) is 0 Å². The van der Waals surface area contributed by atoms with Gasteiger partial charge < -0.3 is 9.47 Å². The van der Waals surface area contributed by atoms with E-state index in [9.17, 15) is 0 Å². The summed E-state index contributed by atoms with van der Waals surface area (Å²) < 4.78 is 11.5. The van der Waals surface area contributed by atoms with Gasteiger partial charge in [0, 0.05) is 13.0 Å². The van der Waals surface area contributed by atoms with Crippen molar-refractivity contribution in [3.8, 4) is 0 Å². The van der Waals surface area contributed by atoms with Crippen LogP contribution in [-0.2, 0) is 9.47 Å². The first-order valence-corrected chi connectivity index (χ1v) is 6.53. The van der Waals surface area contributed by atoms with Gasteiger partial charge in [0.25, 0.3) is 0 Å². The Balaban J connectivity index is 1.68. The van der Waals surface area contributed by atoms with Crippen molar-refractivity contribution in [3.05, 3.63) is 0 Å². The SMILES string of the molecule is CC(C)C1CCC(OC2CCCO2)CC1. The first kappa shape index (κ1) is 11.4. The van der Waals surface area contributed by atoms with Crippen LogP contribution in [0.5, 0.6) is 0 Å². The molecule has 0 aromatic heterocycles. The molecule has 2 heteroatoms. The minimum Gasteiger partial charge on any atom is -0.353 e. The monoisotopic (exact) mass is 212 g/mol. The second-order valence-electron chi connectivity index (χ2n) is 5.36. The molecule has 88 valence electrons. The molecule has 0 spiro atoms. The van der Waals surface area contributed by atoms with Gasteiger partial charge >= 0.3 is 0 Å². The molecule has 1 aliphatic heterocycles. The van der Waals surface area contributed by atoms with E-state index in [4.69, 9.17) is 9.47 Å². The summed E-state index contributed by atoms with van der Waals surface area (Å²) >= 11 is 0. The second kappa shape index (κ2) is 5.31. The summed E-state index contributed by atoms with van der Waals surface area (Å²) in [5.41, 5.74) is 0. The highest BCUT2D eigenvalue weighted by atomic mass is 16.7. The lowest BCUT2D eigenvalue weighted by Crippen LogP contribution is -2.28. The van der Waals surface area contributed by atoms with Crippen molar-refractivity contribution >= 4 is 0 Å². The zero-order chi connectivity index (χ0) is 10.7. The molecule has 1 unspecified atom stereocenters. The number of hydrogen-bond donors (Lipinski definition) is 0. The fourth-order valence-electron chi connectivity index (χ4n) is 2.76. The minimum absolute atomic E-state index is 0.116. The molecule has 0 N–H and O–H groups in total. The van der Waals surface area contributed by atoms with Crippen LogP contribution < -0.4 is 0 Å². The van der Waals surface area contributed by atoms with Gasteiger partial charge in [-0.25, -0.2) is 0 Å². The van der Waals surface area contributed by atoms with Crippen molar-refractivity contribution in [1.29, 1.82) is 0 Å². The molecule has 0 aromatic carbocycles. The Bertz CT molecular complexity index is 177. The Kier molecular flexibility index (Phi) is 4.04. The van der Waals surface area contributed by atoms with Crippen LogP contribution in [0.4, 0.5) is 0 Å². The van der Waals surface area contributed by atoms with Crippen LogP contribution in [0.1, 0.15) is 52.4 Å². The van der Waals surface area contributed by atoms with Gasteiger partial charge in [0.2, 0.25) is 0 Å². The maximum absolute atomic E-state index is 5.96. The lowest BCUT2D eigenvalue weighted by Gasteiger charge is -2.32. The summed E-state index contributed by atoms with van der Waals surface area (Å²) in [4.78, 5) is 0. The summed E-state index contributed by atoms with van der Waals surface area (Å²) in [6, 6.07) is 0. The Morgan fingerprint density at radius 3 is 2.33 bits per heavy atom. The van der Waals surface area contributed by atoms with Crippen LogP contribution in [0.25, 0.3) is 0 Å². The normalized spacial score (nSPS) is 37.4. The summed E-state index contributed by atoms with van der Waals surface area (Å²) in [6.07, 6.45) is 8.03. The largest absolute Gasteiger partial charge is 0.353 e. The van der Waals surface area contributed by atoms with Gasteiger partial charge in [-0.15, -0.1) is 0 Å². The Morgan fingerprint density at radius 1 is 1.07 bits per heavy atom. The lowest BCUT2D eigenvalue weighted by molar-refractivity contribution is -0.154. The Hall–Kier alpha value is -0.0800. The first-order valence-electron chi connectivity index (χ1n) is 6.53. The van der Waals surface area contributed by atoms with E-state index < -0.39 is 0 Å². The quantitative estimate of drug-likeness (QED) is 0.714. The number of rotatable bonds is 3. The third kappa shape index (κ3) is 3.18. The molecule has 1 heterocycles. The second-order valence-corrected chi connectivity index (χ2v) is 5.36. The van der Waals surface area contributed by atoms with Crippen LogP contribution in [-0.4, -0.2) is 19.0 Å². The zero-order valence-corrected chi connectivity index (χ0v) is 10.1. The maximum atomic E-state index is 5.96. The van der Waals surface area contributed by atoms with Gasteiger partial charge in [-0.1, -0.05) is 13.8 Å². The Morgan fingerprint density at radius 2 is 1.80 bits per heavy atom. The van der Waals surface area contributed by atoms with E-state index >= 15 is 0 Å². The molecule has 0 amide bonds. The molecule has 1 saturated carbocycles. The van der Waals surface area contributed by atoms with Crippen molar-refractivity contribution in [2.75, 3.05) is 6.61 Å². The van der Waals surface area contributed by atoms with E-state index in [-0.39, 0.29) is 6.29 Å². The molecule has 1 saturated heterocycles. The average Bonchev–Trinajstić information content (AvgIpc) is 2.71. The molecule has 15 heavy (non-hydrogen) atoms. The minimum atomic E-state index is 0.116. The molecule has 0 bridgehead atoms. The van der Waals surface area contributed by atoms with Crippen molar-refractivity contribution < 1.29 is 9.47 Å². The van der Waals surface area contributed by atoms with Crippen LogP contribution >= 0.6 is 0 Å². The summed E-state index contributed by atoms with van der Waals surface area (Å²) in [5.74, 6) is 1.77. The average molecular weight is 212 g/mol. The fraction of sp³-hybridized carbons (Fsp3) is 1.00. The Labute approximate surface area is 93.3 Å². The molecule has 1 aliphatic carbocycles. The van der Waals surface area contributed by atoms with Crippen molar-refractivity contribution in [3.63, 3.8) is 0 Å². The molecule has 1 atom stereocenters. The molecule has 2 fully saturated rings. The molecule has 2 aliphatic rings. The van der Waals surface area contributed by atoms with Crippen LogP contribution in [0.3, 0.4) is 0 Å². The van der Waals surface area contributed by atoms with Crippen LogP contribution in [0.2, 0.25) is 0 Å². The van der Waals surface area contributed by atoms with Gasteiger partial charge in [-0.2, -0.15) is 0 Å². The predicted molar refractivity (Wildman–Crippen MR) is 60.6 cm³/mol. The first-order chi connectivity index (χ1) is 7.25. The van der Waals surface area contributed by atoms with Crippen LogP contribution in [0, 0.1) is 11.8 Å². The number of ether oxygens (including phenoxy) is 2. The highest BCUT2D eigenvalue weighted by Gasteiger charge is 2.27. The summed E-state index contributed by atoms with van der Waals surface area (Å²) in [6.45, 7) is 5.57. The zero-order valence-electron chi connectivity index (χ0n) is 10.1. The van der Waals surface area contributed by atoms with E-state index in [0.29, 0.717) is 6.10 Å². The van der Waals surface area contributed by atoms with Gasteiger partial charge in [-0.3, -0.25) is 0 Å². The third-order valence-corrected chi connectivity index (χ3v) is 3.89. The highest BCUT2D eigenvalue weighted by molar-refractivity contribution is 4.75. The van der Waals surface area contributed by atoms with E-state index in [1.807, 2.05) is 0 Å². The molecule has 0 aromatic rings. The number of hydrogen-bond acceptors (Lipinski definition) is 2. The van der Waals surface area contributed by atoms with Gasteiger partial charge in [0.05, 0.1) is 6.10 Å². The lowest BCUT2D eigenvalue weighted by atomic mass is 9.80. The fourth-order valence-corrected chi connectivity index (χ4v) is 2.76. The smallest absolute Gasteiger partial charge is 0.158 e.